The van der Waals surface area contributed by atoms with Gasteiger partial charge in [-0.05, 0) is 35.4 Å². The zero-order chi connectivity index (χ0) is 31.2. The molecule has 2 heterocycles. The number of nitrogens with zero attached hydrogens (tertiary/aromatic N) is 2. The summed E-state index contributed by atoms with van der Waals surface area (Å²) in [4.78, 5) is 27.9. The standard InChI is InChI=1S/2C15H18N2.C4H4O4/c2*1-15(2,13-10-6-7-11-17-13)14(16)12-8-4-3-5-9-12;5-3(6)1-2-4(7)8/h2*3-11,14H,16H2,1-2H3;1-2H,(H,5,6)(H,7,8)/b;;2-1+/t2*14-;/m00./s1. The molecule has 2 atom stereocenters. The third kappa shape index (κ3) is 10.1. The van der Waals surface area contributed by atoms with Crippen molar-refractivity contribution < 1.29 is 19.8 Å². The number of nitrogens with two attached hydrogens (primary N) is 2. The first-order valence-corrected chi connectivity index (χ1v) is 13.4. The van der Waals surface area contributed by atoms with Gasteiger partial charge in [-0.1, -0.05) is 100 Å². The molecule has 0 bridgehead atoms. The fourth-order valence-corrected chi connectivity index (χ4v) is 4.10. The average molecular weight is 569 g/mol. The summed E-state index contributed by atoms with van der Waals surface area (Å²) >= 11 is 0. The van der Waals surface area contributed by atoms with E-state index < -0.39 is 11.9 Å². The third-order valence-electron chi connectivity index (χ3n) is 6.89. The summed E-state index contributed by atoms with van der Waals surface area (Å²) in [6.07, 6.45) is 4.74. The van der Waals surface area contributed by atoms with Crippen LogP contribution in [0.2, 0.25) is 0 Å². The lowest BCUT2D eigenvalue weighted by Crippen LogP contribution is -2.33. The number of aromatic nitrogens is 2. The maximum atomic E-state index is 9.55. The second-order valence-corrected chi connectivity index (χ2v) is 10.7. The molecule has 220 valence electrons. The van der Waals surface area contributed by atoms with Gasteiger partial charge in [-0.15, -0.1) is 0 Å². The van der Waals surface area contributed by atoms with Crippen LogP contribution in [0, 0.1) is 0 Å². The Bertz CT molecular complexity index is 1290. The van der Waals surface area contributed by atoms with Gasteiger partial charge in [0.05, 0.1) is 0 Å². The average Bonchev–Trinajstić information content (AvgIpc) is 3.01. The van der Waals surface area contributed by atoms with Gasteiger partial charge in [0.15, 0.2) is 0 Å². The van der Waals surface area contributed by atoms with E-state index in [0.717, 1.165) is 22.5 Å². The maximum absolute atomic E-state index is 9.55. The van der Waals surface area contributed by atoms with Gasteiger partial charge in [0, 0.05) is 58.8 Å². The molecular weight excluding hydrogens is 528 g/mol. The van der Waals surface area contributed by atoms with E-state index in [0.29, 0.717) is 12.2 Å². The molecule has 42 heavy (non-hydrogen) atoms. The Morgan fingerprint density at radius 1 is 0.595 bits per heavy atom. The minimum absolute atomic E-state index is 0.0569. The van der Waals surface area contributed by atoms with Crippen LogP contribution in [0.4, 0.5) is 0 Å². The summed E-state index contributed by atoms with van der Waals surface area (Å²) in [7, 11) is 0. The van der Waals surface area contributed by atoms with Crippen LogP contribution in [0.5, 0.6) is 0 Å². The summed E-state index contributed by atoms with van der Waals surface area (Å²) in [5.41, 5.74) is 16.7. The van der Waals surface area contributed by atoms with Crippen molar-refractivity contribution in [1.29, 1.82) is 0 Å². The first-order chi connectivity index (χ1) is 19.9. The molecule has 0 radical (unpaired) electrons. The molecule has 0 aliphatic heterocycles. The molecule has 0 amide bonds. The number of aliphatic carboxylic acids is 2. The zero-order valence-corrected chi connectivity index (χ0v) is 24.5. The van der Waals surface area contributed by atoms with E-state index >= 15 is 0 Å². The molecule has 2 aromatic carbocycles. The Hall–Kier alpha value is -4.66. The van der Waals surface area contributed by atoms with Gasteiger partial charge in [-0.25, -0.2) is 9.59 Å². The second-order valence-electron chi connectivity index (χ2n) is 10.7. The first kappa shape index (κ1) is 33.5. The van der Waals surface area contributed by atoms with Crippen molar-refractivity contribution >= 4 is 11.9 Å². The molecule has 0 spiro atoms. The maximum Gasteiger partial charge on any atom is 0.328 e. The van der Waals surface area contributed by atoms with Gasteiger partial charge in [-0.2, -0.15) is 0 Å². The topological polar surface area (TPSA) is 152 Å². The Morgan fingerprint density at radius 2 is 0.905 bits per heavy atom. The van der Waals surface area contributed by atoms with Crippen LogP contribution in [0.15, 0.2) is 122 Å². The number of hydrogen-bond donors (Lipinski definition) is 4. The van der Waals surface area contributed by atoms with Crippen molar-refractivity contribution in [2.45, 2.75) is 50.6 Å². The molecule has 0 saturated heterocycles. The van der Waals surface area contributed by atoms with Crippen molar-refractivity contribution in [2.75, 3.05) is 0 Å². The number of carboxylic acid groups (broad SMARTS) is 2. The van der Waals surface area contributed by atoms with E-state index in [1.807, 2.05) is 85.2 Å². The van der Waals surface area contributed by atoms with Crippen LogP contribution < -0.4 is 11.5 Å². The highest BCUT2D eigenvalue weighted by Crippen LogP contribution is 2.34. The molecule has 6 N–H and O–H groups in total. The number of carbonyl (C=O) groups is 2. The SMILES string of the molecule is CC(C)(c1ccccn1)[C@@H](N)c1ccccc1.CC(C)(c1ccccn1)[C@@H](N)c1ccccc1.O=C(O)/C=C/C(=O)O. The molecule has 8 nitrogen and oxygen atoms in total. The normalized spacial score (nSPS) is 12.6. The van der Waals surface area contributed by atoms with Crippen LogP contribution in [0.25, 0.3) is 0 Å². The largest absolute Gasteiger partial charge is 0.478 e. The number of rotatable bonds is 8. The monoisotopic (exact) mass is 568 g/mol. The van der Waals surface area contributed by atoms with E-state index in [-0.39, 0.29) is 22.9 Å². The fraction of sp³-hybridized carbons (Fsp3) is 0.235. The third-order valence-corrected chi connectivity index (χ3v) is 6.89. The van der Waals surface area contributed by atoms with Gasteiger partial charge in [0.1, 0.15) is 0 Å². The predicted octanol–water partition coefficient (Wildman–Crippen LogP) is 5.83. The van der Waals surface area contributed by atoms with Crippen LogP contribution in [0.1, 0.15) is 62.3 Å². The van der Waals surface area contributed by atoms with Gasteiger partial charge in [-0.3, -0.25) is 9.97 Å². The number of benzene rings is 2. The quantitative estimate of drug-likeness (QED) is 0.194. The van der Waals surface area contributed by atoms with Crippen molar-refractivity contribution in [3.05, 3.63) is 144 Å². The van der Waals surface area contributed by atoms with Crippen molar-refractivity contribution in [3.63, 3.8) is 0 Å². The molecule has 4 aromatic rings. The smallest absolute Gasteiger partial charge is 0.328 e. The second kappa shape index (κ2) is 16.0. The molecular formula is C34H40N4O4. The van der Waals surface area contributed by atoms with Crippen LogP contribution in [-0.4, -0.2) is 32.1 Å². The lowest BCUT2D eigenvalue weighted by Gasteiger charge is -2.31. The van der Waals surface area contributed by atoms with Crippen molar-refractivity contribution in [2.24, 2.45) is 11.5 Å². The Morgan fingerprint density at radius 3 is 1.17 bits per heavy atom. The lowest BCUT2D eigenvalue weighted by molar-refractivity contribution is -0.134. The Balaban J connectivity index is 0.000000236. The van der Waals surface area contributed by atoms with Crippen molar-refractivity contribution in [3.8, 4) is 0 Å². The van der Waals surface area contributed by atoms with Crippen LogP contribution in [0.3, 0.4) is 0 Å². The van der Waals surface area contributed by atoms with Crippen molar-refractivity contribution in [1.82, 2.24) is 9.97 Å². The summed E-state index contributed by atoms with van der Waals surface area (Å²) in [6, 6.07) is 32.1. The van der Waals surface area contributed by atoms with E-state index in [1.54, 1.807) is 0 Å². The summed E-state index contributed by atoms with van der Waals surface area (Å²) < 4.78 is 0. The molecule has 4 rings (SSSR count). The molecule has 0 unspecified atom stereocenters. The molecule has 0 fully saturated rings. The van der Waals surface area contributed by atoms with Gasteiger partial charge >= 0.3 is 11.9 Å². The number of hydrogen-bond acceptors (Lipinski definition) is 6. The van der Waals surface area contributed by atoms with Crippen LogP contribution >= 0.6 is 0 Å². The molecule has 0 aliphatic rings. The predicted molar refractivity (Wildman–Crippen MR) is 166 cm³/mol. The number of carboxylic acids is 2. The minimum Gasteiger partial charge on any atom is -0.478 e. The zero-order valence-electron chi connectivity index (χ0n) is 24.5. The molecule has 8 heteroatoms. The first-order valence-electron chi connectivity index (χ1n) is 13.4. The Labute approximate surface area is 247 Å². The van der Waals surface area contributed by atoms with Crippen LogP contribution in [-0.2, 0) is 20.4 Å². The summed E-state index contributed by atoms with van der Waals surface area (Å²) in [5, 5.41) is 15.6. The van der Waals surface area contributed by atoms with E-state index in [2.05, 4.69) is 61.9 Å². The fourth-order valence-electron chi connectivity index (χ4n) is 4.10. The highest BCUT2D eigenvalue weighted by Gasteiger charge is 2.31. The summed E-state index contributed by atoms with van der Waals surface area (Å²) in [6.45, 7) is 8.53. The molecule has 0 saturated carbocycles. The molecule has 0 aliphatic carbocycles. The van der Waals surface area contributed by atoms with E-state index in [1.165, 1.54) is 0 Å². The Kier molecular flexibility index (Phi) is 12.7. The minimum atomic E-state index is -1.26. The summed E-state index contributed by atoms with van der Waals surface area (Å²) in [5.74, 6) is -2.51. The van der Waals surface area contributed by atoms with E-state index in [9.17, 15) is 9.59 Å². The van der Waals surface area contributed by atoms with Gasteiger partial charge in [0.25, 0.3) is 0 Å². The van der Waals surface area contributed by atoms with E-state index in [4.69, 9.17) is 21.7 Å². The molecule has 2 aromatic heterocycles. The lowest BCUT2D eigenvalue weighted by atomic mass is 9.78. The highest BCUT2D eigenvalue weighted by atomic mass is 16.4. The number of pyridine rings is 2. The highest BCUT2D eigenvalue weighted by molar-refractivity contribution is 5.89. The van der Waals surface area contributed by atoms with Gasteiger partial charge < -0.3 is 21.7 Å². The van der Waals surface area contributed by atoms with Gasteiger partial charge in [0.2, 0.25) is 0 Å².